The largest absolute Gasteiger partial charge is 0.494 e. The van der Waals surface area contributed by atoms with E-state index in [2.05, 4.69) is 5.32 Å². The number of non-ortho nitro benzene ring substituents is 1. The zero-order valence-electron chi connectivity index (χ0n) is 13.4. The van der Waals surface area contributed by atoms with Crippen molar-refractivity contribution in [2.45, 2.75) is 18.4 Å². The van der Waals surface area contributed by atoms with Crippen LogP contribution in [0.25, 0.3) is 0 Å². The summed E-state index contributed by atoms with van der Waals surface area (Å²) in [5.41, 5.74) is 0.750. The molecule has 1 atom stereocenters. The van der Waals surface area contributed by atoms with Crippen molar-refractivity contribution in [3.05, 3.63) is 64.2 Å². The van der Waals surface area contributed by atoms with Crippen LogP contribution < -0.4 is 10.1 Å². The van der Waals surface area contributed by atoms with Crippen molar-refractivity contribution in [3.63, 3.8) is 0 Å². The minimum Gasteiger partial charge on any atom is -0.494 e. The van der Waals surface area contributed by atoms with Gasteiger partial charge < -0.3 is 10.1 Å². The highest BCUT2D eigenvalue weighted by Gasteiger charge is 2.11. The highest BCUT2D eigenvalue weighted by Crippen LogP contribution is 2.24. The first-order valence-corrected chi connectivity index (χ1v) is 8.98. The van der Waals surface area contributed by atoms with Crippen LogP contribution in [0.1, 0.15) is 12.5 Å². The van der Waals surface area contributed by atoms with Crippen LogP contribution in [-0.4, -0.2) is 28.0 Å². The number of benzene rings is 2. The summed E-state index contributed by atoms with van der Waals surface area (Å²) in [6, 6.07) is 13.8. The molecule has 0 aliphatic rings. The third-order valence-corrected chi connectivity index (χ3v) is 4.71. The first kappa shape index (κ1) is 18.1. The normalized spacial score (nSPS) is 11.9. The Morgan fingerprint density at radius 2 is 1.96 bits per heavy atom. The zero-order valence-corrected chi connectivity index (χ0v) is 14.3. The molecule has 0 aromatic heterocycles. The topological polar surface area (TPSA) is 81.5 Å². The molecule has 2 aromatic rings. The molecule has 1 N–H and O–H groups in total. The van der Waals surface area contributed by atoms with Gasteiger partial charge in [-0.15, -0.1) is 0 Å². The van der Waals surface area contributed by atoms with Gasteiger partial charge in [-0.25, -0.2) is 0 Å². The van der Waals surface area contributed by atoms with Crippen LogP contribution in [0, 0.1) is 10.1 Å². The van der Waals surface area contributed by atoms with E-state index in [9.17, 15) is 14.3 Å². The van der Waals surface area contributed by atoms with Crippen molar-refractivity contribution < 1.29 is 13.9 Å². The molecule has 2 aromatic carbocycles. The van der Waals surface area contributed by atoms with Crippen LogP contribution >= 0.6 is 0 Å². The average molecular weight is 348 g/mol. The maximum atomic E-state index is 12.1. The number of rotatable bonds is 9. The molecule has 0 saturated heterocycles. The van der Waals surface area contributed by atoms with Gasteiger partial charge in [-0.2, -0.15) is 0 Å². The molecule has 0 fully saturated rings. The van der Waals surface area contributed by atoms with Gasteiger partial charge in [-0.1, -0.05) is 18.2 Å². The molecule has 0 amide bonds. The van der Waals surface area contributed by atoms with Gasteiger partial charge in [0.15, 0.2) is 0 Å². The minimum atomic E-state index is -1.06. The van der Waals surface area contributed by atoms with E-state index in [0.717, 1.165) is 10.5 Å². The molecule has 0 saturated carbocycles. The van der Waals surface area contributed by atoms with Gasteiger partial charge in [0.25, 0.3) is 5.69 Å². The molecule has 0 aliphatic carbocycles. The first-order chi connectivity index (χ1) is 11.6. The molecule has 0 radical (unpaired) electrons. The molecule has 0 heterocycles. The summed E-state index contributed by atoms with van der Waals surface area (Å²) >= 11 is 0. The lowest BCUT2D eigenvalue weighted by molar-refractivity contribution is -0.384. The second-order valence-electron chi connectivity index (χ2n) is 5.02. The average Bonchev–Trinajstić information content (AvgIpc) is 2.60. The van der Waals surface area contributed by atoms with Crippen molar-refractivity contribution in [1.82, 2.24) is 5.32 Å². The third kappa shape index (κ3) is 5.14. The Labute approximate surface area is 143 Å². The van der Waals surface area contributed by atoms with Gasteiger partial charge in [0.05, 0.1) is 22.3 Å². The van der Waals surface area contributed by atoms with E-state index in [0.29, 0.717) is 31.2 Å². The summed E-state index contributed by atoms with van der Waals surface area (Å²) in [6.07, 6.45) is 0. The fourth-order valence-electron chi connectivity index (χ4n) is 2.19. The maximum Gasteiger partial charge on any atom is 0.270 e. The van der Waals surface area contributed by atoms with Crippen molar-refractivity contribution in [2.24, 2.45) is 0 Å². The van der Waals surface area contributed by atoms with Gasteiger partial charge in [0, 0.05) is 41.4 Å². The Morgan fingerprint density at radius 1 is 1.21 bits per heavy atom. The van der Waals surface area contributed by atoms with Gasteiger partial charge in [0.1, 0.15) is 5.75 Å². The SMILES string of the molecule is CCOc1ccc([N+](=O)[O-])cc1CNCCS(=O)c1ccccc1. The van der Waals surface area contributed by atoms with Crippen LogP contribution in [0.2, 0.25) is 0 Å². The van der Waals surface area contributed by atoms with E-state index < -0.39 is 15.7 Å². The molecule has 0 aliphatic heterocycles. The highest BCUT2D eigenvalue weighted by atomic mass is 32.2. The summed E-state index contributed by atoms with van der Waals surface area (Å²) in [5.74, 6) is 1.10. The highest BCUT2D eigenvalue weighted by molar-refractivity contribution is 7.85. The number of nitrogens with zero attached hydrogens (tertiary/aromatic N) is 1. The molecule has 2 rings (SSSR count). The predicted molar refractivity (Wildman–Crippen MR) is 93.7 cm³/mol. The Balaban J connectivity index is 1.92. The van der Waals surface area contributed by atoms with Crippen molar-refractivity contribution in [1.29, 1.82) is 0 Å². The molecule has 24 heavy (non-hydrogen) atoms. The lowest BCUT2D eigenvalue weighted by Crippen LogP contribution is -2.20. The Hall–Kier alpha value is -2.25. The van der Waals surface area contributed by atoms with E-state index in [1.165, 1.54) is 12.1 Å². The fourth-order valence-corrected chi connectivity index (χ4v) is 3.22. The van der Waals surface area contributed by atoms with Crippen LogP contribution in [-0.2, 0) is 17.3 Å². The summed E-state index contributed by atoms with van der Waals surface area (Å²) in [5, 5.41) is 14.1. The van der Waals surface area contributed by atoms with Gasteiger partial charge in [-0.05, 0) is 25.1 Å². The van der Waals surface area contributed by atoms with Crippen LogP contribution in [0.5, 0.6) is 5.75 Å². The number of hydrogen-bond acceptors (Lipinski definition) is 5. The van der Waals surface area contributed by atoms with Crippen LogP contribution in [0.3, 0.4) is 0 Å². The fraction of sp³-hybridized carbons (Fsp3) is 0.294. The number of ether oxygens (including phenoxy) is 1. The quantitative estimate of drug-likeness (QED) is 0.428. The van der Waals surface area contributed by atoms with E-state index in [4.69, 9.17) is 4.74 Å². The Kier molecular flexibility index (Phi) is 6.89. The first-order valence-electron chi connectivity index (χ1n) is 7.66. The molecule has 0 bridgehead atoms. The molecular weight excluding hydrogens is 328 g/mol. The van der Waals surface area contributed by atoms with E-state index >= 15 is 0 Å². The number of nitro groups is 1. The van der Waals surface area contributed by atoms with Crippen molar-refractivity contribution in [2.75, 3.05) is 18.9 Å². The van der Waals surface area contributed by atoms with E-state index in [1.54, 1.807) is 6.07 Å². The number of hydrogen-bond donors (Lipinski definition) is 1. The lowest BCUT2D eigenvalue weighted by Gasteiger charge is -2.11. The zero-order chi connectivity index (χ0) is 17.4. The van der Waals surface area contributed by atoms with E-state index in [-0.39, 0.29) is 5.69 Å². The molecule has 0 spiro atoms. The van der Waals surface area contributed by atoms with E-state index in [1.807, 2.05) is 37.3 Å². The maximum absolute atomic E-state index is 12.1. The summed E-state index contributed by atoms with van der Waals surface area (Å²) in [4.78, 5) is 11.3. The minimum absolute atomic E-state index is 0.0307. The summed E-state index contributed by atoms with van der Waals surface area (Å²) in [6.45, 7) is 3.31. The number of nitro benzene ring substituents is 1. The Bertz CT molecular complexity index is 707. The molecule has 128 valence electrons. The smallest absolute Gasteiger partial charge is 0.270 e. The second kappa shape index (κ2) is 9.14. The van der Waals surface area contributed by atoms with Gasteiger partial charge >= 0.3 is 0 Å². The predicted octanol–water partition coefficient (Wildman–Crippen LogP) is 2.89. The lowest BCUT2D eigenvalue weighted by atomic mass is 10.1. The van der Waals surface area contributed by atoms with Gasteiger partial charge in [0.2, 0.25) is 0 Å². The van der Waals surface area contributed by atoms with Crippen LogP contribution in [0.15, 0.2) is 53.4 Å². The van der Waals surface area contributed by atoms with Gasteiger partial charge in [-0.3, -0.25) is 14.3 Å². The van der Waals surface area contributed by atoms with Crippen molar-refractivity contribution in [3.8, 4) is 5.75 Å². The number of nitrogens with one attached hydrogen (secondary N) is 1. The third-order valence-electron chi connectivity index (χ3n) is 3.34. The van der Waals surface area contributed by atoms with Crippen LogP contribution in [0.4, 0.5) is 5.69 Å². The summed E-state index contributed by atoms with van der Waals surface area (Å²) in [7, 11) is -1.06. The monoisotopic (exact) mass is 348 g/mol. The summed E-state index contributed by atoms with van der Waals surface area (Å²) < 4.78 is 17.6. The Morgan fingerprint density at radius 3 is 2.62 bits per heavy atom. The molecular formula is C17H20N2O4S. The standard InChI is InChI=1S/C17H20N2O4S/c1-2-23-17-9-8-15(19(20)21)12-14(17)13-18-10-11-24(22)16-6-4-3-5-7-16/h3-9,12,18H,2,10-11,13H2,1H3. The molecule has 1 unspecified atom stereocenters. The molecule has 6 nitrogen and oxygen atoms in total. The molecule has 7 heteroatoms. The van der Waals surface area contributed by atoms with Crippen molar-refractivity contribution >= 4 is 16.5 Å². The second-order valence-corrected chi connectivity index (χ2v) is 6.59.